The van der Waals surface area contributed by atoms with E-state index in [-0.39, 0.29) is 13.1 Å². The van der Waals surface area contributed by atoms with Gasteiger partial charge in [0.25, 0.3) is 0 Å². The van der Waals surface area contributed by atoms with Gasteiger partial charge in [-0.05, 0) is 0 Å². The predicted molar refractivity (Wildman–Crippen MR) is 46.0 cm³/mol. The Balaban J connectivity index is 4.02. The molecule has 0 bridgehead atoms. The number of nitrogens with zero attached hydrogens (tertiary/aromatic N) is 1. The summed E-state index contributed by atoms with van der Waals surface area (Å²) in [6, 6.07) is 0. The Bertz CT molecular complexity index is 179. The van der Waals surface area contributed by atoms with E-state index in [0.717, 1.165) is 4.90 Å². The van der Waals surface area contributed by atoms with Gasteiger partial charge in [-0.1, -0.05) is 12.2 Å². The maximum Gasteiger partial charge on any atom is 0.407 e. The van der Waals surface area contributed by atoms with Crippen molar-refractivity contribution in [2.24, 2.45) is 0 Å². The summed E-state index contributed by atoms with van der Waals surface area (Å²) in [6.45, 7) is 6.98. The number of aliphatic hydroxyl groups is 1. The van der Waals surface area contributed by atoms with Crippen LogP contribution in [0.25, 0.3) is 0 Å². The molecule has 0 spiro atoms. The Hall–Kier alpha value is -1.29. The van der Waals surface area contributed by atoms with Gasteiger partial charge >= 0.3 is 6.09 Å². The summed E-state index contributed by atoms with van der Waals surface area (Å²) in [5.41, 5.74) is 0. The van der Waals surface area contributed by atoms with Gasteiger partial charge in [-0.15, -0.1) is 13.2 Å². The van der Waals surface area contributed by atoms with Gasteiger partial charge in [-0.3, -0.25) is 0 Å². The molecule has 0 heterocycles. The van der Waals surface area contributed by atoms with Crippen molar-refractivity contribution in [3.05, 3.63) is 25.3 Å². The molecule has 4 nitrogen and oxygen atoms in total. The van der Waals surface area contributed by atoms with Gasteiger partial charge in [-0.25, -0.2) is 4.79 Å². The van der Waals surface area contributed by atoms with Gasteiger partial charge in [0.05, 0.1) is 12.6 Å². The number of carboxylic acid groups (broad SMARTS) is 1. The Morgan fingerprint density at radius 1 is 1.58 bits per heavy atom. The molecule has 12 heavy (non-hydrogen) atoms. The topological polar surface area (TPSA) is 60.8 Å². The van der Waals surface area contributed by atoms with Crippen molar-refractivity contribution in [3.63, 3.8) is 0 Å². The SMILES string of the molecule is C=CCN(C[C@H](O)C=C)C(=O)O. The molecule has 0 aromatic carbocycles. The van der Waals surface area contributed by atoms with Crippen LogP contribution in [0.15, 0.2) is 25.3 Å². The number of amides is 1. The highest BCUT2D eigenvalue weighted by Gasteiger charge is 2.12. The fraction of sp³-hybridized carbons (Fsp3) is 0.375. The van der Waals surface area contributed by atoms with E-state index in [1.54, 1.807) is 0 Å². The van der Waals surface area contributed by atoms with Crippen LogP contribution in [0.1, 0.15) is 0 Å². The molecule has 0 radical (unpaired) electrons. The molecule has 68 valence electrons. The van der Waals surface area contributed by atoms with Crippen LogP contribution in [0, 0.1) is 0 Å². The summed E-state index contributed by atoms with van der Waals surface area (Å²) >= 11 is 0. The Morgan fingerprint density at radius 2 is 2.17 bits per heavy atom. The third kappa shape index (κ3) is 3.78. The minimum absolute atomic E-state index is 0.0326. The fourth-order valence-electron chi connectivity index (χ4n) is 0.687. The molecule has 4 heteroatoms. The largest absolute Gasteiger partial charge is 0.465 e. The van der Waals surface area contributed by atoms with Gasteiger partial charge < -0.3 is 15.1 Å². The fourth-order valence-corrected chi connectivity index (χ4v) is 0.687. The van der Waals surface area contributed by atoms with E-state index in [1.165, 1.54) is 12.2 Å². The number of aliphatic hydroxyl groups excluding tert-OH is 1. The van der Waals surface area contributed by atoms with E-state index in [4.69, 9.17) is 10.2 Å². The van der Waals surface area contributed by atoms with Crippen LogP contribution >= 0.6 is 0 Å². The molecular formula is C8H13NO3. The lowest BCUT2D eigenvalue weighted by Gasteiger charge is -2.18. The lowest BCUT2D eigenvalue weighted by Crippen LogP contribution is -2.35. The van der Waals surface area contributed by atoms with Crippen molar-refractivity contribution in [1.82, 2.24) is 4.90 Å². The van der Waals surface area contributed by atoms with Crippen LogP contribution < -0.4 is 0 Å². The van der Waals surface area contributed by atoms with E-state index in [0.29, 0.717) is 0 Å². The first-order valence-electron chi connectivity index (χ1n) is 3.51. The van der Waals surface area contributed by atoms with Gasteiger partial charge in [0, 0.05) is 6.54 Å². The molecule has 0 aromatic rings. The molecule has 0 saturated carbocycles. The molecule has 0 fully saturated rings. The van der Waals surface area contributed by atoms with E-state index in [1.807, 2.05) is 0 Å². The maximum absolute atomic E-state index is 10.5. The lowest BCUT2D eigenvalue weighted by atomic mass is 10.3. The third-order valence-electron chi connectivity index (χ3n) is 1.30. The summed E-state index contributed by atoms with van der Waals surface area (Å²) in [7, 11) is 0. The molecule has 2 N–H and O–H groups in total. The van der Waals surface area contributed by atoms with Crippen LogP contribution in [0.5, 0.6) is 0 Å². The standard InChI is InChI=1S/C8H13NO3/c1-3-5-9(8(11)12)6-7(10)4-2/h3-4,7,10H,1-2,5-6H2,(H,11,12)/t7-/m1/s1. The molecule has 1 atom stereocenters. The third-order valence-corrected chi connectivity index (χ3v) is 1.30. The molecule has 0 unspecified atom stereocenters. The van der Waals surface area contributed by atoms with Crippen LogP contribution in [-0.2, 0) is 0 Å². The molecular weight excluding hydrogens is 158 g/mol. The number of hydrogen-bond acceptors (Lipinski definition) is 2. The molecule has 0 aliphatic heterocycles. The highest BCUT2D eigenvalue weighted by atomic mass is 16.4. The first-order chi connectivity index (χ1) is 5.61. The van der Waals surface area contributed by atoms with Crippen LogP contribution in [0.2, 0.25) is 0 Å². The van der Waals surface area contributed by atoms with Crippen molar-refractivity contribution >= 4 is 6.09 Å². The molecule has 1 amide bonds. The van der Waals surface area contributed by atoms with Gasteiger partial charge in [0.2, 0.25) is 0 Å². The second kappa shape index (κ2) is 5.37. The van der Waals surface area contributed by atoms with Crippen LogP contribution in [0.4, 0.5) is 4.79 Å². The summed E-state index contributed by atoms with van der Waals surface area (Å²) in [4.78, 5) is 11.5. The van der Waals surface area contributed by atoms with Crippen molar-refractivity contribution < 1.29 is 15.0 Å². The highest BCUT2D eigenvalue weighted by Crippen LogP contribution is 1.94. The lowest BCUT2D eigenvalue weighted by molar-refractivity contribution is 0.121. The first kappa shape index (κ1) is 10.7. The summed E-state index contributed by atoms with van der Waals surface area (Å²) < 4.78 is 0. The van der Waals surface area contributed by atoms with Crippen molar-refractivity contribution in [1.29, 1.82) is 0 Å². The van der Waals surface area contributed by atoms with E-state index >= 15 is 0 Å². The number of carbonyl (C=O) groups is 1. The van der Waals surface area contributed by atoms with Crippen molar-refractivity contribution in [3.8, 4) is 0 Å². The van der Waals surface area contributed by atoms with Crippen molar-refractivity contribution in [2.75, 3.05) is 13.1 Å². The Morgan fingerprint density at radius 3 is 2.50 bits per heavy atom. The summed E-state index contributed by atoms with van der Waals surface area (Å²) in [5.74, 6) is 0. The Labute approximate surface area is 71.4 Å². The van der Waals surface area contributed by atoms with Gasteiger partial charge in [0.15, 0.2) is 0 Å². The van der Waals surface area contributed by atoms with Crippen LogP contribution in [0.3, 0.4) is 0 Å². The summed E-state index contributed by atoms with van der Waals surface area (Å²) in [6.07, 6.45) is 0.861. The Kier molecular flexibility index (Phi) is 4.79. The van der Waals surface area contributed by atoms with Crippen LogP contribution in [-0.4, -0.2) is 40.4 Å². The predicted octanol–water partition coefficient (Wildman–Crippen LogP) is 0.699. The minimum atomic E-state index is -1.07. The molecule has 0 saturated heterocycles. The zero-order valence-corrected chi connectivity index (χ0v) is 6.81. The highest BCUT2D eigenvalue weighted by molar-refractivity contribution is 5.65. The maximum atomic E-state index is 10.5. The monoisotopic (exact) mass is 171 g/mol. The first-order valence-corrected chi connectivity index (χ1v) is 3.51. The minimum Gasteiger partial charge on any atom is -0.465 e. The average Bonchev–Trinajstić information content (AvgIpc) is 2.03. The molecule has 0 aliphatic carbocycles. The number of hydrogen-bond donors (Lipinski definition) is 2. The smallest absolute Gasteiger partial charge is 0.407 e. The summed E-state index contributed by atoms with van der Waals surface area (Å²) in [5, 5.41) is 17.6. The zero-order valence-electron chi connectivity index (χ0n) is 6.81. The zero-order chi connectivity index (χ0) is 9.56. The number of rotatable bonds is 5. The van der Waals surface area contributed by atoms with Gasteiger partial charge in [0.1, 0.15) is 0 Å². The van der Waals surface area contributed by atoms with E-state index < -0.39 is 12.2 Å². The van der Waals surface area contributed by atoms with Gasteiger partial charge in [-0.2, -0.15) is 0 Å². The molecule has 0 aromatic heterocycles. The normalized spacial score (nSPS) is 11.8. The molecule has 0 rings (SSSR count). The second-order valence-electron chi connectivity index (χ2n) is 2.28. The van der Waals surface area contributed by atoms with E-state index in [2.05, 4.69) is 13.2 Å². The quantitative estimate of drug-likeness (QED) is 0.598. The molecule has 0 aliphatic rings. The average molecular weight is 171 g/mol. The second-order valence-corrected chi connectivity index (χ2v) is 2.28. The van der Waals surface area contributed by atoms with E-state index in [9.17, 15) is 4.79 Å². The van der Waals surface area contributed by atoms with Crippen molar-refractivity contribution in [2.45, 2.75) is 6.10 Å².